The molecular formula is C21H26N4O2. The minimum absolute atomic E-state index is 0.243. The van der Waals surface area contributed by atoms with Gasteiger partial charge >= 0.3 is 5.97 Å². The van der Waals surface area contributed by atoms with E-state index in [1.54, 1.807) is 19.1 Å². The zero-order valence-corrected chi connectivity index (χ0v) is 15.6. The van der Waals surface area contributed by atoms with Gasteiger partial charge in [-0.1, -0.05) is 43.7 Å². The van der Waals surface area contributed by atoms with Crippen molar-refractivity contribution in [2.45, 2.75) is 26.7 Å². The van der Waals surface area contributed by atoms with Gasteiger partial charge in [0.05, 0.1) is 23.2 Å². The molecule has 27 heavy (non-hydrogen) atoms. The predicted molar refractivity (Wildman–Crippen MR) is 111 cm³/mol. The lowest BCUT2D eigenvalue weighted by atomic mass is 9.84. The van der Waals surface area contributed by atoms with Crippen LogP contribution in [0.2, 0.25) is 0 Å². The van der Waals surface area contributed by atoms with Crippen molar-refractivity contribution in [1.82, 2.24) is 0 Å². The Hall–Kier alpha value is -3.15. The fraction of sp³-hybridized carbons (Fsp3) is 0.286. The number of nitrogens with zero attached hydrogens (tertiary/aromatic N) is 1. The molecule has 2 atom stereocenters. The molecule has 0 fully saturated rings. The van der Waals surface area contributed by atoms with Gasteiger partial charge in [-0.3, -0.25) is 4.79 Å². The van der Waals surface area contributed by atoms with Crippen molar-refractivity contribution >= 4 is 34.6 Å². The monoisotopic (exact) mass is 366 g/mol. The predicted octanol–water partition coefficient (Wildman–Crippen LogP) is 4.57. The van der Waals surface area contributed by atoms with Crippen molar-refractivity contribution < 1.29 is 9.90 Å². The van der Waals surface area contributed by atoms with E-state index < -0.39 is 17.8 Å². The molecule has 0 bridgehead atoms. The molecule has 0 aliphatic carbocycles. The molecule has 0 radical (unpaired) electrons. The SMILES string of the molecule is CCCC(C(=O)O)C(C(C)=N)C(=Nc1ccccc1N)Nc1ccccc1. The quantitative estimate of drug-likeness (QED) is 0.311. The van der Waals surface area contributed by atoms with E-state index in [4.69, 9.17) is 11.1 Å². The molecule has 142 valence electrons. The van der Waals surface area contributed by atoms with Crippen molar-refractivity contribution in [1.29, 1.82) is 5.41 Å². The normalized spacial score (nSPS) is 13.6. The van der Waals surface area contributed by atoms with Gasteiger partial charge in [0.1, 0.15) is 5.84 Å². The summed E-state index contributed by atoms with van der Waals surface area (Å²) in [4.78, 5) is 16.5. The van der Waals surface area contributed by atoms with Gasteiger partial charge in [0.2, 0.25) is 0 Å². The number of carbonyl (C=O) groups is 1. The van der Waals surface area contributed by atoms with Crippen molar-refractivity contribution in [3.63, 3.8) is 0 Å². The first-order valence-corrected chi connectivity index (χ1v) is 8.97. The van der Waals surface area contributed by atoms with Crippen molar-refractivity contribution in [2.24, 2.45) is 16.8 Å². The highest BCUT2D eigenvalue weighted by molar-refractivity contribution is 6.13. The number of carboxylic acids is 1. The molecule has 2 unspecified atom stereocenters. The van der Waals surface area contributed by atoms with E-state index in [0.29, 0.717) is 30.1 Å². The molecule has 2 rings (SSSR count). The van der Waals surface area contributed by atoms with E-state index in [1.807, 2.05) is 49.4 Å². The van der Waals surface area contributed by atoms with Gasteiger partial charge in [0, 0.05) is 11.4 Å². The fourth-order valence-electron chi connectivity index (χ4n) is 3.00. The van der Waals surface area contributed by atoms with E-state index in [9.17, 15) is 9.90 Å². The van der Waals surface area contributed by atoms with E-state index in [2.05, 4.69) is 10.3 Å². The highest BCUT2D eigenvalue weighted by Crippen LogP contribution is 2.27. The Morgan fingerprint density at radius 2 is 1.81 bits per heavy atom. The number of nitrogen functional groups attached to an aromatic ring is 1. The largest absolute Gasteiger partial charge is 0.481 e. The highest BCUT2D eigenvalue weighted by atomic mass is 16.4. The molecule has 0 amide bonds. The molecule has 0 aliphatic heterocycles. The second-order valence-corrected chi connectivity index (χ2v) is 6.44. The molecule has 2 aromatic rings. The first-order chi connectivity index (χ1) is 12.9. The number of aliphatic carboxylic acids is 1. The lowest BCUT2D eigenvalue weighted by molar-refractivity contribution is -0.142. The number of nitrogens with one attached hydrogen (secondary N) is 2. The summed E-state index contributed by atoms with van der Waals surface area (Å²) in [5.74, 6) is -1.95. The molecule has 0 saturated carbocycles. The van der Waals surface area contributed by atoms with Crippen LogP contribution in [-0.2, 0) is 4.79 Å². The molecule has 0 saturated heterocycles. The first kappa shape index (κ1) is 20.2. The number of amidine groups is 1. The van der Waals surface area contributed by atoms with Crippen LogP contribution in [0.1, 0.15) is 26.7 Å². The molecule has 0 heterocycles. The summed E-state index contributed by atoms with van der Waals surface area (Å²) in [6.07, 6.45) is 1.16. The van der Waals surface area contributed by atoms with Crippen LogP contribution in [0, 0.1) is 17.2 Å². The number of benzene rings is 2. The number of hydrogen-bond donors (Lipinski definition) is 4. The van der Waals surface area contributed by atoms with Crippen molar-refractivity contribution in [3.8, 4) is 0 Å². The van der Waals surface area contributed by atoms with Gasteiger partial charge in [0.15, 0.2) is 0 Å². The lowest BCUT2D eigenvalue weighted by Gasteiger charge is -2.26. The minimum Gasteiger partial charge on any atom is -0.481 e. The Bertz CT molecular complexity index is 818. The summed E-state index contributed by atoms with van der Waals surface area (Å²) < 4.78 is 0. The van der Waals surface area contributed by atoms with Gasteiger partial charge < -0.3 is 21.6 Å². The van der Waals surface area contributed by atoms with Crippen LogP contribution >= 0.6 is 0 Å². The Morgan fingerprint density at radius 1 is 1.19 bits per heavy atom. The van der Waals surface area contributed by atoms with Crippen LogP contribution < -0.4 is 11.1 Å². The number of nitrogens with two attached hydrogens (primary N) is 1. The molecule has 6 nitrogen and oxygen atoms in total. The van der Waals surface area contributed by atoms with Crippen LogP contribution in [0.3, 0.4) is 0 Å². The Labute approximate surface area is 159 Å². The van der Waals surface area contributed by atoms with E-state index >= 15 is 0 Å². The summed E-state index contributed by atoms with van der Waals surface area (Å²) in [6, 6.07) is 16.5. The third-order valence-corrected chi connectivity index (χ3v) is 4.30. The lowest BCUT2D eigenvalue weighted by Crippen LogP contribution is -2.38. The Morgan fingerprint density at radius 3 is 2.37 bits per heavy atom. The molecule has 0 aromatic heterocycles. The third-order valence-electron chi connectivity index (χ3n) is 4.30. The van der Waals surface area contributed by atoms with Crippen LogP contribution in [0.15, 0.2) is 59.6 Å². The second-order valence-electron chi connectivity index (χ2n) is 6.44. The van der Waals surface area contributed by atoms with Gasteiger partial charge in [-0.15, -0.1) is 0 Å². The average molecular weight is 366 g/mol. The summed E-state index contributed by atoms with van der Waals surface area (Å²) in [7, 11) is 0. The van der Waals surface area contributed by atoms with Crippen molar-refractivity contribution in [3.05, 3.63) is 54.6 Å². The highest BCUT2D eigenvalue weighted by Gasteiger charge is 2.33. The number of carboxylic acid groups (broad SMARTS) is 1. The van der Waals surface area contributed by atoms with Gasteiger partial charge in [-0.25, -0.2) is 4.99 Å². The Balaban J connectivity index is 2.55. The maximum Gasteiger partial charge on any atom is 0.307 e. The maximum absolute atomic E-state index is 11.9. The minimum atomic E-state index is -0.933. The average Bonchev–Trinajstić information content (AvgIpc) is 2.63. The summed E-state index contributed by atoms with van der Waals surface area (Å²) in [6.45, 7) is 3.55. The molecule has 2 aromatic carbocycles. The zero-order chi connectivity index (χ0) is 19.8. The van der Waals surface area contributed by atoms with E-state index in [0.717, 1.165) is 5.69 Å². The van der Waals surface area contributed by atoms with E-state index in [1.165, 1.54) is 0 Å². The van der Waals surface area contributed by atoms with Gasteiger partial charge in [0.25, 0.3) is 0 Å². The third kappa shape index (κ3) is 5.41. The van der Waals surface area contributed by atoms with Crippen LogP contribution in [-0.4, -0.2) is 22.6 Å². The van der Waals surface area contributed by atoms with Crippen LogP contribution in [0.5, 0.6) is 0 Å². The van der Waals surface area contributed by atoms with Crippen LogP contribution in [0.25, 0.3) is 0 Å². The zero-order valence-electron chi connectivity index (χ0n) is 15.6. The molecule has 5 N–H and O–H groups in total. The molecule has 0 aliphatic rings. The number of hydrogen-bond acceptors (Lipinski definition) is 4. The van der Waals surface area contributed by atoms with E-state index in [-0.39, 0.29) is 5.71 Å². The Kier molecular flexibility index (Phi) is 7.11. The molecule has 0 spiro atoms. The number of aliphatic imine (C=N–C) groups is 1. The van der Waals surface area contributed by atoms with Gasteiger partial charge in [-0.2, -0.15) is 0 Å². The van der Waals surface area contributed by atoms with Crippen molar-refractivity contribution in [2.75, 3.05) is 11.1 Å². The number of rotatable bonds is 8. The summed E-state index contributed by atoms with van der Waals surface area (Å²) >= 11 is 0. The van der Waals surface area contributed by atoms with Gasteiger partial charge in [-0.05, 0) is 37.6 Å². The summed E-state index contributed by atoms with van der Waals surface area (Å²) in [5, 5.41) is 21.2. The topological polar surface area (TPSA) is 112 Å². The smallest absolute Gasteiger partial charge is 0.307 e. The number of para-hydroxylation sites is 3. The second kappa shape index (κ2) is 9.52. The standard InChI is InChI=1S/C21H26N4O2/c1-3-9-16(21(26)27)19(14(2)22)20(24-15-10-5-4-6-11-15)25-18-13-8-7-12-17(18)23/h4-8,10-13,16,19,22H,3,9,23H2,1-2H3,(H,24,25)(H,26,27). The number of anilines is 2. The molecular weight excluding hydrogens is 340 g/mol. The first-order valence-electron chi connectivity index (χ1n) is 8.97. The summed E-state index contributed by atoms with van der Waals surface area (Å²) in [5.41, 5.74) is 8.09. The maximum atomic E-state index is 11.9. The fourth-order valence-corrected chi connectivity index (χ4v) is 3.00. The molecule has 6 heteroatoms. The van der Waals surface area contributed by atoms with Crippen LogP contribution in [0.4, 0.5) is 17.1 Å².